The number of nitro benzene ring substituents is 2. The molecule has 29 heavy (non-hydrogen) atoms. The predicted octanol–water partition coefficient (Wildman–Crippen LogP) is 2.92. The number of hydrogen-bond acceptors (Lipinski definition) is 8. The summed E-state index contributed by atoms with van der Waals surface area (Å²) >= 11 is 1.22. The van der Waals surface area contributed by atoms with Gasteiger partial charge in [0.25, 0.3) is 16.9 Å². The second-order valence-corrected chi connectivity index (χ2v) is 7.09. The lowest BCUT2D eigenvalue weighted by molar-refractivity contribution is -0.384. The Balaban J connectivity index is 1.66. The molecule has 4 aromatic rings. The van der Waals surface area contributed by atoms with Crippen LogP contribution in [0.2, 0.25) is 0 Å². The van der Waals surface area contributed by atoms with Crippen molar-refractivity contribution in [3.8, 4) is 0 Å². The maximum atomic E-state index is 12.5. The van der Waals surface area contributed by atoms with Gasteiger partial charge in [-0.2, -0.15) is 0 Å². The minimum atomic E-state index is -0.543. The second-order valence-electron chi connectivity index (χ2n) is 6.15. The topological polar surface area (TPSA) is 150 Å². The predicted molar refractivity (Wildman–Crippen MR) is 106 cm³/mol. The summed E-state index contributed by atoms with van der Waals surface area (Å²) in [7, 11) is 1.57. The van der Waals surface area contributed by atoms with Crippen molar-refractivity contribution in [2.75, 3.05) is 0 Å². The Morgan fingerprint density at radius 2 is 1.72 bits per heavy atom. The lowest BCUT2D eigenvalue weighted by Crippen LogP contribution is -2.20. The van der Waals surface area contributed by atoms with Crippen LogP contribution in [-0.4, -0.2) is 29.4 Å². The quantitative estimate of drug-likeness (QED) is 0.227. The molecule has 0 aliphatic heterocycles. The molecule has 0 aliphatic rings. The highest BCUT2D eigenvalue weighted by Crippen LogP contribution is 2.25. The van der Waals surface area contributed by atoms with Crippen molar-refractivity contribution in [2.24, 2.45) is 7.05 Å². The van der Waals surface area contributed by atoms with Crippen molar-refractivity contribution in [1.82, 2.24) is 19.5 Å². The lowest BCUT2D eigenvalue weighted by Gasteiger charge is -2.07. The van der Waals surface area contributed by atoms with Crippen LogP contribution in [0.4, 0.5) is 11.4 Å². The molecule has 0 aliphatic carbocycles. The Labute approximate surface area is 165 Å². The van der Waals surface area contributed by atoms with Crippen LogP contribution in [0.5, 0.6) is 0 Å². The van der Waals surface area contributed by atoms with Gasteiger partial charge in [0.1, 0.15) is 5.82 Å². The number of nitrogens with zero attached hydrogens (tertiary/aromatic N) is 5. The van der Waals surface area contributed by atoms with Crippen LogP contribution >= 0.6 is 11.8 Å². The lowest BCUT2D eigenvalue weighted by atomic mass is 10.2. The first-order chi connectivity index (χ1) is 13.8. The van der Waals surface area contributed by atoms with Gasteiger partial charge in [-0.05, 0) is 12.1 Å². The van der Waals surface area contributed by atoms with E-state index in [1.807, 2.05) is 0 Å². The number of benzene rings is 2. The van der Waals surface area contributed by atoms with Gasteiger partial charge in [-0.3, -0.25) is 29.6 Å². The number of non-ortho nitro benzene ring substituents is 2. The summed E-state index contributed by atoms with van der Waals surface area (Å²) in [5, 5.41) is 22.5. The molecule has 146 valence electrons. The Bertz CT molecular complexity index is 1360. The van der Waals surface area contributed by atoms with Crippen molar-refractivity contribution >= 4 is 45.1 Å². The largest absolute Gasteiger partial charge is 0.341 e. The second kappa shape index (κ2) is 6.98. The maximum Gasteiger partial charge on any atom is 0.271 e. The van der Waals surface area contributed by atoms with E-state index in [9.17, 15) is 25.0 Å². The fourth-order valence-electron chi connectivity index (χ4n) is 2.85. The van der Waals surface area contributed by atoms with E-state index < -0.39 is 9.85 Å². The number of imidazole rings is 1. The van der Waals surface area contributed by atoms with E-state index in [0.29, 0.717) is 33.2 Å². The van der Waals surface area contributed by atoms with Crippen molar-refractivity contribution in [1.29, 1.82) is 0 Å². The monoisotopic (exact) mass is 412 g/mol. The van der Waals surface area contributed by atoms with Crippen LogP contribution in [0, 0.1) is 20.2 Å². The zero-order valence-corrected chi connectivity index (χ0v) is 15.7. The maximum absolute atomic E-state index is 12.5. The molecule has 2 aromatic heterocycles. The van der Waals surface area contributed by atoms with Crippen molar-refractivity contribution in [2.45, 2.75) is 10.9 Å². The van der Waals surface area contributed by atoms with E-state index in [-0.39, 0.29) is 22.5 Å². The molecule has 0 saturated carbocycles. The van der Waals surface area contributed by atoms with E-state index >= 15 is 0 Å². The summed E-state index contributed by atoms with van der Waals surface area (Å²) in [5.74, 6) is 0.877. The number of aromatic nitrogens is 4. The van der Waals surface area contributed by atoms with Crippen LogP contribution in [0.15, 0.2) is 46.3 Å². The number of rotatable bonds is 5. The summed E-state index contributed by atoms with van der Waals surface area (Å²) in [6.45, 7) is 0. The third-order valence-electron chi connectivity index (χ3n) is 4.29. The number of fused-ring (bicyclic) bond motifs is 2. The van der Waals surface area contributed by atoms with Gasteiger partial charge < -0.3 is 4.98 Å². The smallest absolute Gasteiger partial charge is 0.271 e. The first-order valence-corrected chi connectivity index (χ1v) is 9.23. The van der Waals surface area contributed by atoms with Gasteiger partial charge in [-0.1, -0.05) is 11.8 Å². The highest BCUT2D eigenvalue weighted by molar-refractivity contribution is 7.98. The van der Waals surface area contributed by atoms with Gasteiger partial charge in [0, 0.05) is 31.3 Å². The van der Waals surface area contributed by atoms with Gasteiger partial charge in [-0.25, -0.2) is 9.97 Å². The molecule has 0 fully saturated rings. The zero-order valence-electron chi connectivity index (χ0n) is 14.9. The Kier molecular flexibility index (Phi) is 4.47. The molecule has 0 amide bonds. The zero-order chi connectivity index (χ0) is 20.7. The first-order valence-electron chi connectivity index (χ1n) is 8.24. The van der Waals surface area contributed by atoms with Crippen LogP contribution in [0.25, 0.3) is 21.9 Å². The summed E-state index contributed by atoms with van der Waals surface area (Å²) < 4.78 is 1.37. The molecule has 11 nitrogen and oxygen atoms in total. The number of nitro groups is 2. The van der Waals surface area contributed by atoms with Gasteiger partial charge >= 0.3 is 0 Å². The molecule has 0 spiro atoms. The van der Waals surface area contributed by atoms with E-state index in [1.165, 1.54) is 46.7 Å². The molecule has 0 radical (unpaired) electrons. The van der Waals surface area contributed by atoms with Crippen LogP contribution in [-0.2, 0) is 12.8 Å². The third kappa shape index (κ3) is 3.40. The summed E-state index contributed by atoms with van der Waals surface area (Å²) in [6, 6.07) is 8.26. The summed E-state index contributed by atoms with van der Waals surface area (Å²) in [5.41, 5.74) is 0.860. The van der Waals surface area contributed by atoms with Crippen LogP contribution in [0.1, 0.15) is 5.82 Å². The number of thioether (sulfide) groups is 1. The number of H-pyrrole nitrogens is 1. The molecule has 2 heterocycles. The van der Waals surface area contributed by atoms with E-state index in [2.05, 4.69) is 15.0 Å². The van der Waals surface area contributed by atoms with E-state index in [0.717, 1.165) is 0 Å². The van der Waals surface area contributed by atoms with Crippen molar-refractivity contribution < 1.29 is 9.85 Å². The molecule has 0 bridgehead atoms. The van der Waals surface area contributed by atoms with Gasteiger partial charge in [-0.15, -0.1) is 0 Å². The number of hydrogen-bond donors (Lipinski definition) is 1. The van der Waals surface area contributed by atoms with E-state index in [1.54, 1.807) is 13.1 Å². The number of nitrogens with one attached hydrogen (secondary N) is 1. The minimum Gasteiger partial charge on any atom is -0.341 e. The SMILES string of the molecule is Cn1c(SCc2nc3ccc([N+](=O)[O-])cc3[nH]2)nc2cc([N+](=O)[O-])ccc2c1=O. The van der Waals surface area contributed by atoms with Crippen molar-refractivity contribution in [3.05, 3.63) is 72.8 Å². The molecule has 1 N–H and O–H groups in total. The van der Waals surface area contributed by atoms with Gasteiger partial charge in [0.2, 0.25) is 0 Å². The molecule has 2 aromatic carbocycles. The Morgan fingerprint density at radius 1 is 1.03 bits per heavy atom. The molecular weight excluding hydrogens is 400 g/mol. The average Bonchev–Trinajstić information content (AvgIpc) is 3.11. The standard InChI is InChI=1S/C17H12N6O5S/c1-21-16(24)11-4-2-9(22(25)26)6-13(11)20-17(21)29-8-15-18-12-5-3-10(23(27)28)7-14(12)19-15/h2-7H,8H2,1H3,(H,18,19). The highest BCUT2D eigenvalue weighted by atomic mass is 32.2. The van der Waals surface area contributed by atoms with Crippen LogP contribution in [0.3, 0.4) is 0 Å². The molecule has 12 heteroatoms. The molecular formula is C17H12N6O5S. The number of aromatic amines is 1. The highest BCUT2D eigenvalue weighted by Gasteiger charge is 2.14. The Morgan fingerprint density at radius 3 is 2.45 bits per heavy atom. The molecule has 4 rings (SSSR count). The summed E-state index contributed by atoms with van der Waals surface area (Å²) in [4.78, 5) is 45.1. The van der Waals surface area contributed by atoms with Gasteiger partial charge in [0.05, 0.1) is 37.5 Å². The van der Waals surface area contributed by atoms with Crippen molar-refractivity contribution in [3.63, 3.8) is 0 Å². The minimum absolute atomic E-state index is 0.0412. The van der Waals surface area contributed by atoms with Crippen LogP contribution < -0.4 is 5.56 Å². The fourth-order valence-corrected chi connectivity index (χ4v) is 3.69. The Hall–Kier alpha value is -3.80. The van der Waals surface area contributed by atoms with Gasteiger partial charge in [0.15, 0.2) is 5.16 Å². The first kappa shape index (κ1) is 18.6. The third-order valence-corrected chi connectivity index (χ3v) is 5.33. The molecule has 0 saturated heterocycles. The fraction of sp³-hybridized carbons (Fsp3) is 0.118. The molecule has 0 unspecified atom stereocenters. The normalized spacial score (nSPS) is 11.2. The average molecular weight is 412 g/mol. The van der Waals surface area contributed by atoms with E-state index in [4.69, 9.17) is 0 Å². The summed E-state index contributed by atoms with van der Waals surface area (Å²) in [6.07, 6.45) is 0. The molecule has 0 atom stereocenters.